The molecule has 0 aliphatic carbocycles. The Kier molecular flexibility index (Phi) is 5.46. The molecule has 2 saturated heterocycles. The number of morpholine rings is 1. The number of hydrogen-bond acceptors (Lipinski definition) is 4. The Bertz CT molecular complexity index is 709. The highest BCUT2D eigenvalue weighted by molar-refractivity contribution is 7.89. The van der Waals surface area contributed by atoms with E-state index in [2.05, 4.69) is 6.92 Å². The highest BCUT2D eigenvalue weighted by Crippen LogP contribution is 2.24. The van der Waals surface area contributed by atoms with Gasteiger partial charge in [-0.05, 0) is 49.9 Å². The van der Waals surface area contributed by atoms with E-state index in [4.69, 9.17) is 4.74 Å². The monoisotopic (exact) mass is 366 g/mol. The maximum absolute atomic E-state index is 12.7. The first-order valence-corrected chi connectivity index (χ1v) is 10.3. The van der Waals surface area contributed by atoms with E-state index in [0.29, 0.717) is 44.3 Å². The van der Waals surface area contributed by atoms with E-state index in [-0.39, 0.29) is 16.9 Å². The zero-order chi connectivity index (χ0) is 18.0. The molecule has 1 aromatic rings. The van der Waals surface area contributed by atoms with Crippen LogP contribution in [0, 0.1) is 5.92 Å². The average molecular weight is 366 g/mol. The second-order valence-corrected chi connectivity index (χ2v) is 8.98. The second-order valence-electron chi connectivity index (χ2n) is 7.04. The maximum atomic E-state index is 12.7. The third-order valence-electron chi connectivity index (χ3n) is 5.01. The van der Waals surface area contributed by atoms with Crippen LogP contribution in [-0.2, 0) is 14.8 Å². The Balaban J connectivity index is 1.72. The molecule has 0 saturated carbocycles. The smallest absolute Gasteiger partial charge is 0.254 e. The molecule has 2 aliphatic heterocycles. The van der Waals surface area contributed by atoms with E-state index in [1.165, 1.54) is 0 Å². The van der Waals surface area contributed by atoms with Crippen LogP contribution in [0.3, 0.4) is 0 Å². The molecule has 2 heterocycles. The Morgan fingerprint density at radius 3 is 2.32 bits per heavy atom. The molecule has 1 atom stereocenters. The van der Waals surface area contributed by atoms with Gasteiger partial charge in [0.2, 0.25) is 10.0 Å². The summed E-state index contributed by atoms with van der Waals surface area (Å²) in [4.78, 5) is 14.6. The lowest BCUT2D eigenvalue weighted by Crippen LogP contribution is -2.44. The highest BCUT2D eigenvalue weighted by Gasteiger charge is 2.28. The summed E-state index contributed by atoms with van der Waals surface area (Å²) in [6.07, 6.45) is 1.81. The molecule has 7 heteroatoms. The number of rotatable bonds is 3. The zero-order valence-electron chi connectivity index (χ0n) is 14.8. The fraction of sp³-hybridized carbons (Fsp3) is 0.611. The number of sulfonamides is 1. The fourth-order valence-corrected chi connectivity index (χ4v) is 4.80. The summed E-state index contributed by atoms with van der Waals surface area (Å²) in [5, 5.41) is 0. The minimum absolute atomic E-state index is 0.0267. The molecule has 2 aliphatic rings. The van der Waals surface area contributed by atoms with Crippen molar-refractivity contribution in [3.63, 3.8) is 0 Å². The molecule has 3 rings (SSSR count). The predicted octanol–water partition coefficient (Wildman–Crippen LogP) is 1.97. The van der Waals surface area contributed by atoms with Crippen LogP contribution < -0.4 is 0 Å². The van der Waals surface area contributed by atoms with Gasteiger partial charge in [-0.2, -0.15) is 4.31 Å². The normalized spacial score (nSPS) is 23.6. The van der Waals surface area contributed by atoms with Gasteiger partial charge in [0, 0.05) is 31.7 Å². The molecule has 1 aromatic carbocycles. The van der Waals surface area contributed by atoms with Gasteiger partial charge in [0.1, 0.15) is 0 Å². The van der Waals surface area contributed by atoms with Crippen LogP contribution in [0.25, 0.3) is 0 Å². The molecule has 0 N–H and O–H groups in total. The van der Waals surface area contributed by atoms with Crippen molar-refractivity contribution in [3.05, 3.63) is 29.8 Å². The average Bonchev–Trinajstić information content (AvgIpc) is 2.61. The summed E-state index contributed by atoms with van der Waals surface area (Å²) < 4.78 is 32.5. The number of carbonyl (C=O) groups excluding carboxylic acids is 1. The number of hydrogen-bond donors (Lipinski definition) is 0. The zero-order valence-corrected chi connectivity index (χ0v) is 15.7. The van der Waals surface area contributed by atoms with Crippen LogP contribution in [0.1, 0.15) is 37.0 Å². The lowest BCUT2D eigenvalue weighted by atomic mass is 10.0. The Hall–Kier alpha value is -1.44. The molecule has 1 unspecified atom stereocenters. The van der Waals surface area contributed by atoms with Gasteiger partial charge in [0.25, 0.3) is 5.91 Å². The number of nitrogens with zero attached hydrogens (tertiary/aromatic N) is 2. The van der Waals surface area contributed by atoms with E-state index in [1.54, 1.807) is 33.5 Å². The van der Waals surface area contributed by atoms with Gasteiger partial charge in [-0.1, -0.05) is 6.92 Å². The molecule has 0 bridgehead atoms. The SMILES string of the molecule is CC1CCN(S(=O)(=O)c2ccc(C(=O)N3CCOC(C)C3)cc2)CC1. The Labute approximate surface area is 149 Å². The van der Waals surface area contributed by atoms with E-state index in [1.807, 2.05) is 6.92 Å². The predicted molar refractivity (Wildman–Crippen MR) is 94.9 cm³/mol. The van der Waals surface area contributed by atoms with Gasteiger partial charge in [0.05, 0.1) is 17.6 Å². The lowest BCUT2D eigenvalue weighted by Gasteiger charge is -2.31. The fourth-order valence-electron chi connectivity index (χ4n) is 3.33. The minimum Gasteiger partial charge on any atom is -0.375 e. The number of ether oxygens (including phenoxy) is 1. The third kappa shape index (κ3) is 4.04. The Morgan fingerprint density at radius 1 is 1.08 bits per heavy atom. The van der Waals surface area contributed by atoms with Crippen molar-refractivity contribution in [2.45, 2.75) is 37.7 Å². The van der Waals surface area contributed by atoms with Crippen LogP contribution in [0.5, 0.6) is 0 Å². The Morgan fingerprint density at radius 2 is 1.72 bits per heavy atom. The molecule has 0 aromatic heterocycles. The van der Waals surface area contributed by atoms with Crippen LogP contribution in [0.4, 0.5) is 0 Å². The lowest BCUT2D eigenvalue weighted by molar-refractivity contribution is -0.0124. The molecule has 1 amide bonds. The van der Waals surface area contributed by atoms with Crippen LogP contribution >= 0.6 is 0 Å². The van der Waals surface area contributed by atoms with Gasteiger partial charge in [-0.25, -0.2) is 8.42 Å². The molecule has 2 fully saturated rings. The first-order valence-electron chi connectivity index (χ1n) is 8.89. The number of benzene rings is 1. The standard InChI is InChI=1S/C18H26N2O4S/c1-14-7-9-20(10-8-14)25(22,23)17-5-3-16(4-6-17)18(21)19-11-12-24-15(2)13-19/h3-6,14-15H,7-13H2,1-2H3. The van der Waals surface area contributed by atoms with E-state index in [0.717, 1.165) is 12.8 Å². The first kappa shape index (κ1) is 18.4. The van der Waals surface area contributed by atoms with Crippen molar-refractivity contribution >= 4 is 15.9 Å². The first-order chi connectivity index (χ1) is 11.9. The van der Waals surface area contributed by atoms with Crippen LogP contribution in [-0.4, -0.2) is 62.4 Å². The van der Waals surface area contributed by atoms with Gasteiger partial charge in [0.15, 0.2) is 0 Å². The maximum Gasteiger partial charge on any atom is 0.254 e. The molecule has 25 heavy (non-hydrogen) atoms. The van der Waals surface area contributed by atoms with E-state index in [9.17, 15) is 13.2 Å². The molecular weight excluding hydrogens is 340 g/mol. The van der Waals surface area contributed by atoms with Crippen molar-refractivity contribution in [1.82, 2.24) is 9.21 Å². The van der Waals surface area contributed by atoms with E-state index >= 15 is 0 Å². The van der Waals surface area contributed by atoms with Gasteiger partial charge in [-0.15, -0.1) is 0 Å². The van der Waals surface area contributed by atoms with Gasteiger partial charge in [-0.3, -0.25) is 4.79 Å². The topological polar surface area (TPSA) is 66.9 Å². The molecule has 6 nitrogen and oxygen atoms in total. The van der Waals surface area contributed by atoms with Gasteiger partial charge < -0.3 is 9.64 Å². The summed E-state index contributed by atoms with van der Waals surface area (Å²) >= 11 is 0. The van der Waals surface area contributed by atoms with Crippen molar-refractivity contribution < 1.29 is 17.9 Å². The van der Waals surface area contributed by atoms with E-state index < -0.39 is 10.0 Å². The van der Waals surface area contributed by atoms with Crippen molar-refractivity contribution in [2.75, 3.05) is 32.8 Å². The molecular formula is C18H26N2O4S. The summed E-state index contributed by atoms with van der Waals surface area (Å²) in [6, 6.07) is 6.32. The summed E-state index contributed by atoms with van der Waals surface area (Å²) in [5.41, 5.74) is 0.514. The van der Waals surface area contributed by atoms with Gasteiger partial charge >= 0.3 is 0 Å². The summed E-state index contributed by atoms with van der Waals surface area (Å²) in [7, 11) is -3.47. The molecule has 0 spiro atoms. The largest absolute Gasteiger partial charge is 0.375 e. The summed E-state index contributed by atoms with van der Waals surface area (Å²) in [6.45, 7) is 6.88. The quantitative estimate of drug-likeness (QED) is 0.820. The number of piperidine rings is 1. The van der Waals surface area contributed by atoms with Crippen molar-refractivity contribution in [1.29, 1.82) is 0 Å². The summed E-state index contributed by atoms with van der Waals surface area (Å²) in [5.74, 6) is 0.494. The molecule has 0 radical (unpaired) electrons. The third-order valence-corrected chi connectivity index (χ3v) is 6.92. The van der Waals surface area contributed by atoms with Crippen LogP contribution in [0.2, 0.25) is 0 Å². The van der Waals surface area contributed by atoms with Crippen LogP contribution in [0.15, 0.2) is 29.2 Å². The van der Waals surface area contributed by atoms with Crippen molar-refractivity contribution in [3.8, 4) is 0 Å². The second kappa shape index (κ2) is 7.43. The minimum atomic E-state index is -3.47. The van der Waals surface area contributed by atoms with Crippen molar-refractivity contribution in [2.24, 2.45) is 5.92 Å². The highest BCUT2D eigenvalue weighted by atomic mass is 32.2. The molecule has 138 valence electrons. The number of carbonyl (C=O) groups is 1. The number of amides is 1.